The summed E-state index contributed by atoms with van der Waals surface area (Å²) in [5.74, 6) is -28.1. The zero-order valence-electron chi connectivity index (χ0n) is 12.7. The van der Waals surface area contributed by atoms with Gasteiger partial charge < -0.3 is 4.74 Å². The molecule has 0 radical (unpaired) electrons. The number of hydrogen-bond donors (Lipinski definition) is 0. The van der Waals surface area contributed by atoms with E-state index in [0.717, 1.165) is 0 Å². The molecule has 0 saturated heterocycles. The predicted molar refractivity (Wildman–Crippen MR) is 66.1 cm³/mol. The molecule has 0 unspecified atom stereocenters. The summed E-state index contributed by atoms with van der Waals surface area (Å²) in [6.07, 6.45) is -3.17. The van der Waals surface area contributed by atoms with Gasteiger partial charge in [-0.2, -0.15) is 0 Å². The van der Waals surface area contributed by atoms with Crippen LogP contribution in [0.2, 0.25) is 0 Å². The SMILES string of the molecule is CC(=O)OC(c1c(F)c(F)c(F)c(F)c1F)c1c(F)c(F)c(F)c(F)c1F. The van der Waals surface area contributed by atoms with Crippen LogP contribution in [0.5, 0.6) is 0 Å². The van der Waals surface area contributed by atoms with Crippen LogP contribution in [0.3, 0.4) is 0 Å². The zero-order chi connectivity index (χ0) is 20.8. The van der Waals surface area contributed by atoms with E-state index in [1.54, 1.807) is 0 Å². The molecule has 2 nitrogen and oxygen atoms in total. The van der Waals surface area contributed by atoms with E-state index in [9.17, 15) is 48.7 Å². The molecule has 0 N–H and O–H groups in total. The molecule has 0 aliphatic heterocycles. The topological polar surface area (TPSA) is 26.3 Å². The molecule has 0 fully saturated rings. The molecule has 12 heteroatoms. The van der Waals surface area contributed by atoms with E-state index < -0.39 is 81.4 Å². The Hall–Kier alpha value is -2.79. The van der Waals surface area contributed by atoms with Crippen LogP contribution in [0.25, 0.3) is 0 Å². The van der Waals surface area contributed by atoms with Gasteiger partial charge in [0.05, 0.1) is 11.1 Å². The highest BCUT2D eigenvalue weighted by Gasteiger charge is 2.39. The third kappa shape index (κ3) is 3.19. The van der Waals surface area contributed by atoms with E-state index in [1.165, 1.54) is 0 Å². The molecule has 146 valence electrons. The quantitative estimate of drug-likeness (QED) is 0.319. The van der Waals surface area contributed by atoms with Crippen molar-refractivity contribution in [2.45, 2.75) is 13.0 Å². The Morgan fingerprint density at radius 2 is 0.778 bits per heavy atom. The van der Waals surface area contributed by atoms with E-state index in [1.807, 2.05) is 0 Å². The van der Waals surface area contributed by atoms with Crippen molar-refractivity contribution in [2.24, 2.45) is 0 Å². The number of esters is 1. The lowest BCUT2D eigenvalue weighted by atomic mass is 9.97. The molecule has 2 rings (SSSR count). The van der Waals surface area contributed by atoms with Crippen LogP contribution in [-0.4, -0.2) is 5.97 Å². The molecule has 0 bridgehead atoms. The highest BCUT2D eigenvalue weighted by Crippen LogP contribution is 2.38. The second-order valence-corrected chi connectivity index (χ2v) is 4.96. The van der Waals surface area contributed by atoms with Crippen LogP contribution in [-0.2, 0) is 9.53 Å². The summed E-state index contributed by atoms with van der Waals surface area (Å²) in [7, 11) is 0. The van der Waals surface area contributed by atoms with Crippen LogP contribution < -0.4 is 0 Å². The first kappa shape index (κ1) is 20.5. The van der Waals surface area contributed by atoms with Gasteiger partial charge in [0.15, 0.2) is 52.6 Å². The van der Waals surface area contributed by atoms with Crippen molar-refractivity contribution in [1.29, 1.82) is 0 Å². The third-order valence-corrected chi connectivity index (χ3v) is 3.30. The molecule has 2 aromatic carbocycles. The second kappa shape index (κ2) is 7.08. The van der Waals surface area contributed by atoms with Gasteiger partial charge in [0, 0.05) is 6.92 Å². The first-order valence-electron chi connectivity index (χ1n) is 6.61. The van der Waals surface area contributed by atoms with Crippen LogP contribution >= 0.6 is 0 Å². The van der Waals surface area contributed by atoms with Gasteiger partial charge in [-0.3, -0.25) is 4.79 Å². The van der Waals surface area contributed by atoms with Crippen LogP contribution in [0.4, 0.5) is 43.9 Å². The summed E-state index contributed by atoms with van der Waals surface area (Å²) >= 11 is 0. The lowest BCUT2D eigenvalue weighted by Crippen LogP contribution is -2.21. The molecule has 27 heavy (non-hydrogen) atoms. The lowest BCUT2D eigenvalue weighted by Gasteiger charge is -2.21. The Bertz CT molecular complexity index is 829. The molecule has 0 amide bonds. The average molecular weight is 406 g/mol. The van der Waals surface area contributed by atoms with Gasteiger partial charge in [-0.1, -0.05) is 0 Å². The minimum Gasteiger partial charge on any atom is -0.452 e. The Morgan fingerprint density at radius 3 is 1.00 bits per heavy atom. The molecule has 0 atom stereocenters. The lowest BCUT2D eigenvalue weighted by molar-refractivity contribution is -0.145. The van der Waals surface area contributed by atoms with Crippen molar-refractivity contribution in [3.63, 3.8) is 0 Å². The number of benzene rings is 2. The van der Waals surface area contributed by atoms with E-state index in [0.29, 0.717) is 6.92 Å². The minimum atomic E-state index is -3.17. The van der Waals surface area contributed by atoms with E-state index in [2.05, 4.69) is 4.74 Å². The van der Waals surface area contributed by atoms with E-state index in [4.69, 9.17) is 0 Å². The fourth-order valence-electron chi connectivity index (χ4n) is 2.13. The molecule has 0 heterocycles. The Kier molecular flexibility index (Phi) is 5.38. The maximum atomic E-state index is 13.9. The number of rotatable bonds is 3. The fourth-order valence-corrected chi connectivity index (χ4v) is 2.13. The van der Waals surface area contributed by atoms with Crippen molar-refractivity contribution in [3.8, 4) is 0 Å². The monoisotopic (exact) mass is 406 g/mol. The van der Waals surface area contributed by atoms with Gasteiger partial charge in [0.25, 0.3) is 0 Å². The van der Waals surface area contributed by atoms with Gasteiger partial charge in [-0.25, -0.2) is 43.9 Å². The highest BCUT2D eigenvalue weighted by atomic mass is 19.2. The van der Waals surface area contributed by atoms with Crippen molar-refractivity contribution < 1.29 is 53.4 Å². The van der Waals surface area contributed by atoms with E-state index in [-0.39, 0.29) is 0 Å². The third-order valence-electron chi connectivity index (χ3n) is 3.30. The Morgan fingerprint density at radius 1 is 0.556 bits per heavy atom. The number of carbonyl (C=O) groups is 1. The summed E-state index contributed by atoms with van der Waals surface area (Å²) in [4.78, 5) is 11.1. The summed E-state index contributed by atoms with van der Waals surface area (Å²) in [6, 6.07) is 0. The summed E-state index contributed by atoms with van der Waals surface area (Å²) in [5, 5.41) is 0. The first-order chi connectivity index (χ1) is 12.4. The number of ether oxygens (including phenoxy) is 1. The summed E-state index contributed by atoms with van der Waals surface area (Å²) in [6.45, 7) is 0.491. The van der Waals surface area contributed by atoms with Crippen molar-refractivity contribution in [3.05, 3.63) is 69.3 Å². The molecular formula is C15H4F10O2. The predicted octanol–water partition coefficient (Wildman–Crippen LogP) is 4.73. The Labute approximate surface area is 143 Å². The number of hydrogen-bond acceptors (Lipinski definition) is 2. The normalized spacial score (nSPS) is 11.3. The van der Waals surface area contributed by atoms with Gasteiger partial charge in [0.1, 0.15) is 0 Å². The summed E-state index contributed by atoms with van der Waals surface area (Å²) in [5.41, 5.74) is -4.24. The van der Waals surface area contributed by atoms with Crippen LogP contribution in [0.1, 0.15) is 24.2 Å². The maximum Gasteiger partial charge on any atom is 0.303 e. The largest absolute Gasteiger partial charge is 0.452 e. The second-order valence-electron chi connectivity index (χ2n) is 4.96. The molecule has 2 aromatic rings. The summed E-state index contributed by atoms with van der Waals surface area (Å²) < 4.78 is 139. The first-order valence-corrected chi connectivity index (χ1v) is 6.61. The smallest absolute Gasteiger partial charge is 0.303 e. The molecule has 0 spiro atoms. The van der Waals surface area contributed by atoms with E-state index >= 15 is 0 Å². The standard InChI is InChI=1S/C15H4F10O2/c1-2(26)27-15(3-5(16)9(20)13(24)10(21)6(3)17)4-7(18)11(22)14(25)12(23)8(4)19/h15H,1H3. The molecule has 0 aliphatic rings. The van der Waals surface area contributed by atoms with Crippen LogP contribution in [0, 0.1) is 58.2 Å². The van der Waals surface area contributed by atoms with Gasteiger partial charge in [-0.15, -0.1) is 0 Å². The Balaban J connectivity index is 2.96. The van der Waals surface area contributed by atoms with Crippen molar-refractivity contribution in [2.75, 3.05) is 0 Å². The molecule has 0 aliphatic carbocycles. The minimum absolute atomic E-state index is 0.491. The van der Waals surface area contributed by atoms with Crippen molar-refractivity contribution in [1.82, 2.24) is 0 Å². The fraction of sp³-hybridized carbons (Fsp3) is 0.133. The maximum absolute atomic E-state index is 13.9. The van der Waals surface area contributed by atoms with Crippen LogP contribution in [0.15, 0.2) is 0 Å². The average Bonchev–Trinajstić information content (AvgIpc) is 2.61. The molecule has 0 aromatic heterocycles. The number of carbonyl (C=O) groups excluding carboxylic acids is 1. The highest BCUT2D eigenvalue weighted by molar-refractivity contribution is 5.67. The number of halogens is 10. The molecule has 0 saturated carbocycles. The molecular weight excluding hydrogens is 402 g/mol. The van der Waals surface area contributed by atoms with Crippen molar-refractivity contribution >= 4 is 5.97 Å². The van der Waals surface area contributed by atoms with Gasteiger partial charge in [-0.05, 0) is 0 Å². The van der Waals surface area contributed by atoms with Gasteiger partial charge in [0.2, 0.25) is 11.6 Å². The van der Waals surface area contributed by atoms with Gasteiger partial charge >= 0.3 is 5.97 Å². The zero-order valence-corrected chi connectivity index (χ0v) is 12.7.